The molecule has 0 radical (unpaired) electrons. The summed E-state index contributed by atoms with van der Waals surface area (Å²) >= 11 is 0. The van der Waals surface area contributed by atoms with Gasteiger partial charge in [0.15, 0.2) is 0 Å². The van der Waals surface area contributed by atoms with Crippen molar-refractivity contribution in [3.63, 3.8) is 0 Å². The van der Waals surface area contributed by atoms with E-state index in [2.05, 4.69) is 19.9 Å². The summed E-state index contributed by atoms with van der Waals surface area (Å²) in [5, 5.41) is 0. The summed E-state index contributed by atoms with van der Waals surface area (Å²) in [4.78, 5) is 16.7. The molecule has 0 aliphatic heterocycles. The lowest BCUT2D eigenvalue weighted by Gasteiger charge is -2.05. The van der Waals surface area contributed by atoms with E-state index in [0.29, 0.717) is 13.2 Å². The van der Waals surface area contributed by atoms with Crippen LogP contribution in [0.5, 0.6) is 0 Å². The number of hydrogen-bond donors (Lipinski definition) is 0. The van der Waals surface area contributed by atoms with Crippen molar-refractivity contribution in [2.75, 3.05) is 26.4 Å². The summed E-state index contributed by atoms with van der Waals surface area (Å²) < 4.78 is 11.2. The van der Waals surface area contributed by atoms with Crippen LogP contribution in [0.3, 0.4) is 0 Å². The SMILES string of the molecule is c1cnc(CCOCCCCCCOCCc2ncccn2)nc1. The Labute approximate surface area is 143 Å². The molecule has 0 saturated heterocycles. The van der Waals surface area contributed by atoms with Crippen LogP contribution in [0.15, 0.2) is 36.9 Å². The predicted molar refractivity (Wildman–Crippen MR) is 91.6 cm³/mol. The highest BCUT2D eigenvalue weighted by Crippen LogP contribution is 2.01. The molecule has 0 aliphatic carbocycles. The van der Waals surface area contributed by atoms with E-state index in [1.54, 1.807) is 24.8 Å². The van der Waals surface area contributed by atoms with Gasteiger partial charge in [0, 0.05) is 50.8 Å². The van der Waals surface area contributed by atoms with Crippen LogP contribution in [-0.4, -0.2) is 46.4 Å². The maximum absolute atomic E-state index is 5.61. The third-order valence-corrected chi connectivity index (χ3v) is 3.51. The summed E-state index contributed by atoms with van der Waals surface area (Å²) in [6, 6.07) is 3.65. The second-order valence-corrected chi connectivity index (χ2v) is 5.47. The minimum atomic E-state index is 0.689. The van der Waals surface area contributed by atoms with Crippen molar-refractivity contribution in [1.82, 2.24) is 19.9 Å². The van der Waals surface area contributed by atoms with Crippen molar-refractivity contribution < 1.29 is 9.47 Å². The molecule has 0 saturated carbocycles. The number of ether oxygens (including phenoxy) is 2. The second-order valence-electron chi connectivity index (χ2n) is 5.47. The summed E-state index contributed by atoms with van der Waals surface area (Å²) in [5.74, 6) is 1.69. The van der Waals surface area contributed by atoms with E-state index in [4.69, 9.17) is 9.47 Å². The lowest BCUT2D eigenvalue weighted by atomic mass is 10.2. The number of unbranched alkanes of at least 4 members (excludes halogenated alkanes) is 3. The average Bonchev–Trinajstić information content (AvgIpc) is 2.64. The smallest absolute Gasteiger partial charge is 0.130 e. The highest BCUT2D eigenvalue weighted by Gasteiger charge is 1.97. The normalized spacial score (nSPS) is 10.8. The van der Waals surface area contributed by atoms with Crippen molar-refractivity contribution in [2.24, 2.45) is 0 Å². The second kappa shape index (κ2) is 12.5. The van der Waals surface area contributed by atoms with Gasteiger partial charge in [-0.25, -0.2) is 19.9 Å². The topological polar surface area (TPSA) is 70.0 Å². The quantitative estimate of drug-likeness (QED) is 0.526. The molecular formula is C18H26N4O2. The van der Waals surface area contributed by atoms with Gasteiger partial charge in [0.25, 0.3) is 0 Å². The first-order chi connectivity index (χ1) is 11.9. The van der Waals surface area contributed by atoms with Gasteiger partial charge in [-0.15, -0.1) is 0 Å². The summed E-state index contributed by atoms with van der Waals surface area (Å²) in [7, 11) is 0. The third kappa shape index (κ3) is 8.64. The molecule has 0 spiro atoms. The molecule has 2 heterocycles. The minimum absolute atomic E-state index is 0.689. The molecule has 6 heteroatoms. The van der Waals surface area contributed by atoms with E-state index in [1.165, 1.54) is 12.8 Å². The first kappa shape index (κ1) is 18.4. The van der Waals surface area contributed by atoms with E-state index >= 15 is 0 Å². The Morgan fingerprint density at radius 2 is 0.958 bits per heavy atom. The molecular weight excluding hydrogens is 304 g/mol. The number of hydrogen-bond acceptors (Lipinski definition) is 6. The van der Waals surface area contributed by atoms with E-state index in [0.717, 1.165) is 50.5 Å². The monoisotopic (exact) mass is 330 g/mol. The fourth-order valence-corrected chi connectivity index (χ4v) is 2.21. The first-order valence-electron chi connectivity index (χ1n) is 8.62. The Hall–Kier alpha value is -1.92. The van der Waals surface area contributed by atoms with Gasteiger partial charge in [-0.3, -0.25) is 0 Å². The Kier molecular flexibility index (Phi) is 9.59. The molecule has 0 fully saturated rings. The average molecular weight is 330 g/mol. The zero-order valence-electron chi connectivity index (χ0n) is 14.1. The molecule has 130 valence electrons. The Balaban J connectivity index is 1.32. The molecule has 6 nitrogen and oxygen atoms in total. The number of rotatable bonds is 13. The highest BCUT2D eigenvalue weighted by atomic mass is 16.5. The highest BCUT2D eigenvalue weighted by molar-refractivity contribution is 4.88. The summed E-state index contributed by atoms with van der Waals surface area (Å²) in [5.41, 5.74) is 0. The summed E-state index contributed by atoms with van der Waals surface area (Å²) in [6.07, 6.45) is 13.1. The van der Waals surface area contributed by atoms with Crippen molar-refractivity contribution in [2.45, 2.75) is 38.5 Å². The van der Waals surface area contributed by atoms with Crippen molar-refractivity contribution in [3.8, 4) is 0 Å². The molecule has 0 atom stereocenters. The van der Waals surface area contributed by atoms with Crippen molar-refractivity contribution >= 4 is 0 Å². The lowest BCUT2D eigenvalue weighted by molar-refractivity contribution is 0.123. The van der Waals surface area contributed by atoms with Gasteiger partial charge in [-0.2, -0.15) is 0 Å². The van der Waals surface area contributed by atoms with Crippen molar-refractivity contribution in [1.29, 1.82) is 0 Å². The van der Waals surface area contributed by atoms with Crippen molar-refractivity contribution in [3.05, 3.63) is 48.6 Å². The zero-order chi connectivity index (χ0) is 16.7. The molecule has 0 aromatic carbocycles. The molecule has 2 rings (SSSR count). The van der Waals surface area contributed by atoms with E-state index < -0.39 is 0 Å². The predicted octanol–water partition coefficient (Wildman–Crippen LogP) is 2.65. The fourth-order valence-electron chi connectivity index (χ4n) is 2.21. The van der Waals surface area contributed by atoms with Gasteiger partial charge >= 0.3 is 0 Å². The molecule has 0 aliphatic rings. The van der Waals surface area contributed by atoms with Crippen LogP contribution < -0.4 is 0 Å². The maximum Gasteiger partial charge on any atom is 0.130 e. The van der Waals surface area contributed by atoms with E-state index in [-0.39, 0.29) is 0 Å². The molecule has 2 aromatic rings. The van der Waals surface area contributed by atoms with Crippen LogP contribution in [0, 0.1) is 0 Å². The van der Waals surface area contributed by atoms with Crippen LogP contribution >= 0.6 is 0 Å². The third-order valence-electron chi connectivity index (χ3n) is 3.51. The van der Waals surface area contributed by atoms with Gasteiger partial charge in [0.2, 0.25) is 0 Å². The maximum atomic E-state index is 5.61. The van der Waals surface area contributed by atoms with Crippen LogP contribution in [0.2, 0.25) is 0 Å². The fraction of sp³-hybridized carbons (Fsp3) is 0.556. The zero-order valence-corrected chi connectivity index (χ0v) is 14.1. The minimum Gasteiger partial charge on any atom is -0.381 e. The van der Waals surface area contributed by atoms with E-state index in [1.807, 2.05) is 12.1 Å². The van der Waals surface area contributed by atoms with Gasteiger partial charge in [0.05, 0.1) is 13.2 Å². The van der Waals surface area contributed by atoms with Crippen LogP contribution in [0.25, 0.3) is 0 Å². The molecule has 0 N–H and O–H groups in total. The first-order valence-corrected chi connectivity index (χ1v) is 8.62. The Morgan fingerprint density at radius 3 is 1.38 bits per heavy atom. The van der Waals surface area contributed by atoms with Gasteiger partial charge < -0.3 is 9.47 Å². The van der Waals surface area contributed by atoms with Gasteiger partial charge in [-0.05, 0) is 25.0 Å². The molecule has 0 bridgehead atoms. The molecule has 2 aromatic heterocycles. The molecule has 0 amide bonds. The number of nitrogens with zero attached hydrogens (tertiary/aromatic N) is 4. The van der Waals surface area contributed by atoms with Crippen LogP contribution in [0.1, 0.15) is 37.3 Å². The lowest BCUT2D eigenvalue weighted by Crippen LogP contribution is -2.04. The number of aromatic nitrogens is 4. The van der Waals surface area contributed by atoms with E-state index in [9.17, 15) is 0 Å². The largest absolute Gasteiger partial charge is 0.381 e. The van der Waals surface area contributed by atoms with Crippen LogP contribution in [-0.2, 0) is 22.3 Å². The summed E-state index contributed by atoms with van der Waals surface area (Å²) in [6.45, 7) is 2.99. The standard InChI is InChI=1S/C18H26N4O2/c1(3-13-23-15-7-17-19-9-5-10-20-17)2-4-14-24-16-8-18-21-11-6-12-22-18/h5-6,9-12H,1-4,7-8,13-16H2. The van der Waals surface area contributed by atoms with Crippen LogP contribution in [0.4, 0.5) is 0 Å². The Bertz CT molecular complexity index is 476. The van der Waals surface area contributed by atoms with Gasteiger partial charge in [-0.1, -0.05) is 12.8 Å². The molecule has 24 heavy (non-hydrogen) atoms. The Morgan fingerprint density at radius 1 is 0.542 bits per heavy atom. The molecule has 0 unspecified atom stereocenters. The van der Waals surface area contributed by atoms with Gasteiger partial charge in [0.1, 0.15) is 11.6 Å².